The molecule has 0 spiro atoms. The number of allylic oxidation sites excluding steroid dienone is 3. The molecule has 2 rings (SSSR count). The lowest BCUT2D eigenvalue weighted by molar-refractivity contribution is -0.122. The number of phenolic OH excluding ortho intramolecular Hbond substituents is 1. The van der Waals surface area contributed by atoms with Crippen molar-refractivity contribution in [3.05, 3.63) is 47.6 Å². The van der Waals surface area contributed by atoms with E-state index in [-0.39, 0.29) is 17.3 Å². The lowest BCUT2D eigenvalue weighted by Crippen LogP contribution is -2.25. The Morgan fingerprint density at radius 1 is 1.17 bits per heavy atom. The zero-order chi connectivity index (χ0) is 13.3. The number of carbonyl (C=O) groups excluding carboxylic acids is 1. The molecule has 1 aliphatic carbocycles. The van der Waals surface area contributed by atoms with Crippen LogP contribution in [0.1, 0.15) is 25.8 Å². The summed E-state index contributed by atoms with van der Waals surface area (Å²) in [7, 11) is 0. The molecule has 3 nitrogen and oxygen atoms in total. The third-order valence-corrected chi connectivity index (χ3v) is 3.18. The minimum absolute atomic E-state index is 0.0738. The lowest BCUT2D eigenvalue weighted by atomic mass is 9.77. The van der Waals surface area contributed by atoms with Gasteiger partial charge in [-0.2, -0.15) is 0 Å². The monoisotopic (exact) mass is 244 g/mol. The summed E-state index contributed by atoms with van der Waals surface area (Å²) >= 11 is 0. The van der Waals surface area contributed by atoms with Crippen LogP contribution in [0.25, 0.3) is 5.76 Å². The highest BCUT2D eigenvalue weighted by Crippen LogP contribution is 2.34. The molecule has 0 saturated carbocycles. The van der Waals surface area contributed by atoms with Crippen LogP contribution < -0.4 is 0 Å². The van der Waals surface area contributed by atoms with Crippen LogP contribution in [0.3, 0.4) is 0 Å². The molecule has 94 valence electrons. The van der Waals surface area contributed by atoms with Crippen molar-refractivity contribution in [2.45, 2.75) is 20.3 Å². The average molecular weight is 244 g/mol. The van der Waals surface area contributed by atoms with E-state index in [0.717, 1.165) is 5.57 Å². The molecule has 0 radical (unpaired) electrons. The molecule has 1 aromatic rings. The number of aromatic hydroxyl groups is 1. The molecular weight excluding hydrogens is 228 g/mol. The van der Waals surface area contributed by atoms with Crippen molar-refractivity contribution in [2.75, 3.05) is 0 Å². The Morgan fingerprint density at radius 3 is 2.33 bits per heavy atom. The van der Waals surface area contributed by atoms with Crippen molar-refractivity contribution in [3.63, 3.8) is 0 Å². The predicted molar refractivity (Wildman–Crippen MR) is 70.2 cm³/mol. The standard InChI is InChI=1S/C15H16O3/c1-15(2)9-11(5-8-13(15)17)14(18)10-3-6-12(16)7-4-10/h3-8,16,18H,9H2,1-2H3. The largest absolute Gasteiger partial charge is 0.508 e. The van der Waals surface area contributed by atoms with Gasteiger partial charge in [0.05, 0.1) is 0 Å². The van der Waals surface area contributed by atoms with Gasteiger partial charge in [0.2, 0.25) is 0 Å². The van der Waals surface area contributed by atoms with Gasteiger partial charge in [-0.3, -0.25) is 4.79 Å². The highest BCUT2D eigenvalue weighted by molar-refractivity contribution is 5.97. The maximum absolute atomic E-state index is 11.6. The molecule has 2 N–H and O–H groups in total. The Labute approximate surface area is 106 Å². The second-order valence-electron chi connectivity index (χ2n) is 5.18. The van der Waals surface area contributed by atoms with E-state index in [2.05, 4.69) is 0 Å². The molecule has 0 amide bonds. The number of aliphatic hydroxyl groups is 1. The number of phenols is 1. The number of benzene rings is 1. The summed E-state index contributed by atoms with van der Waals surface area (Å²) in [6.07, 6.45) is 3.68. The van der Waals surface area contributed by atoms with Gasteiger partial charge in [-0.1, -0.05) is 19.9 Å². The molecule has 18 heavy (non-hydrogen) atoms. The molecule has 0 aromatic heterocycles. The highest BCUT2D eigenvalue weighted by Gasteiger charge is 2.30. The molecule has 0 heterocycles. The summed E-state index contributed by atoms with van der Waals surface area (Å²) in [4.78, 5) is 11.6. The van der Waals surface area contributed by atoms with Crippen LogP contribution in [0.5, 0.6) is 5.75 Å². The van der Waals surface area contributed by atoms with Crippen molar-refractivity contribution in [3.8, 4) is 5.75 Å². The zero-order valence-electron chi connectivity index (χ0n) is 10.5. The number of ketones is 1. The van der Waals surface area contributed by atoms with E-state index in [1.807, 2.05) is 13.8 Å². The second-order valence-corrected chi connectivity index (χ2v) is 5.18. The van der Waals surface area contributed by atoms with Crippen LogP contribution in [0.4, 0.5) is 0 Å². The van der Waals surface area contributed by atoms with Gasteiger partial charge in [0, 0.05) is 11.0 Å². The van der Waals surface area contributed by atoms with Crippen LogP contribution in [-0.2, 0) is 4.79 Å². The van der Waals surface area contributed by atoms with Crippen LogP contribution in [-0.4, -0.2) is 16.0 Å². The van der Waals surface area contributed by atoms with Gasteiger partial charge >= 0.3 is 0 Å². The quantitative estimate of drug-likeness (QED) is 0.746. The molecule has 0 saturated heterocycles. The molecule has 1 aromatic carbocycles. The number of aliphatic hydroxyl groups excluding tert-OH is 1. The first-order chi connectivity index (χ1) is 8.40. The molecular formula is C15H16O3. The Kier molecular flexibility index (Phi) is 2.99. The fourth-order valence-electron chi connectivity index (χ4n) is 1.99. The summed E-state index contributed by atoms with van der Waals surface area (Å²) in [5.74, 6) is 0.392. The second kappa shape index (κ2) is 4.33. The van der Waals surface area contributed by atoms with E-state index in [4.69, 9.17) is 0 Å². The first-order valence-electron chi connectivity index (χ1n) is 5.84. The number of carbonyl (C=O) groups is 1. The molecule has 0 bridgehead atoms. The fraction of sp³-hybridized carbons (Fsp3) is 0.267. The van der Waals surface area contributed by atoms with Gasteiger partial charge < -0.3 is 10.2 Å². The van der Waals surface area contributed by atoms with Crippen molar-refractivity contribution in [1.82, 2.24) is 0 Å². The fourth-order valence-corrected chi connectivity index (χ4v) is 1.99. The first-order valence-corrected chi connectivity index (χ1v) is 5.84. The third kappa shape index (κ3) is 2.30. The summed E-state index contributed by atoms with van der Waals surface area (Å²) in [5, 5.41) is 19.4. The minimum Gasteiger partial charge on any atom is -0.508 e. The number of hydrogen-bond donors (Lipinski definition) is 2. The Morgan fingerprint density at radius 2 is 1.78 bits per heavy atom. The van der Waals surface area contributed by atoms with E-state index in [9.17, 15) is 15.0 Å². The topological polar surface area (TPSA) is 57.5 Å². The summed E-state index contributed by atoms with van der Waals surface area (Å²) < 4.78 is 0. The normalized spacial score (nSPS) is 20.9. The lowest BCUT2D eigenvalue weighted by Gasteiger charge is -2.26. The highest BCUT2D eigenvalue weighted by atomic mass is 16.3. The minimum atomic E-state index is -0.477. The van der Waals surface area contributed by atoms with Crippen molar-refractivity contribution in [1.29, 1.82) is 0 Å². The van der Waals surface area contributed by atoms with E-state index in [0.29, 0.717) is 12.0 Å². The van der Waals surface area contributed by atoms with E-state index in [1.165, 1.54) is 18.2 Å². The Bertz CT molecular complexity index is 533. The van der Waals surface area contributed by atoms with E-state index in [1.54, 1.807) is 18.2 Å². The molecule has 0 fully saturated rings. The molecule has 0 atom stereocenters. The van der Waals surface area contributed by atoms with Crippen molar-refractivity contribution >= 4 is 11.5 Å². The Hall–Kier alpha value is -2.03. The maximum atomic E-state index is 11.6. The van der Waals surface area contributed by atoms with Gasteiger partial charge in [0.25, 0.3) is 0 Å². The van der Waals surface area contributed by atoms with E-state index < -0.39 is 5.41 Å². The SMILES string of the molecule is CC1(C)CC(=C(O)c2ccc(O)cc2)C=CC1=O. The molecule has 3 heteroatoms. The smallest absolute Gasteiger partial charge is 0.161 e. The van der Waals surface area contributed by atoms with Gasteiger partial charge in [0.1, 0.15) is 11.5 Å². The summed E-state index contributed by atoms with van der Waals surface area (Å²) in [5.41, 5.74) is 0.900. The van der Waals surface area contributed by atoms with Crippen LogP contribution in [0.15, 0.2) is 42.0 Å². The van der Waals surface area contributed by atoms with E-state index >= 15 is 0 Å². The van der Waals surface area contributed by atoms with Gasteiger partial charge in [-0.15, -0.1) is 0 Å². The van der Waals surface area contributed by atoms with Crippen LogP contribution >= 0.6 is 0 Å². The van der Waals surface area contributed by atoms with Crippen molar-refractivity contribution in [2.24, 2.45) is 5.41 Å². The van der Waals surface area contributed by atoms with Crippen LogP contribution in [0, 0.1) is 5.41 Å². The molecule has 0 unspecified atom stereocenters. The Balaban J connectivity index is 2.40. The molecule has 1 aliphatic rings. The summed E-state index contributed by atoms with van der Waals surface area (Å²) in [6.45, 7) is 3.73. The predicted octanol–water partition coefficient (Wildman–Crippen LogP) is 3.22. The van der Waals surface area contributed by atoms with Crippen LogP contribution in [0.2, 0.25) is 0 Å². The molecule has 0 aliphatic heterocycles. The summed E-state index contributed by atoms with van der Waals surface area (Å²) in [6, 6.07) is 6.34. The maximum Gasteiger partial charge on any atom is 0.161 e. The van der Waals surface area contributed by atoms with Gasteiger partial charge in [-0.25, -0.2) is 0 Å². The number of rotatable bonds is 1. The average Bonchev–Trinajstić information content (AvgIpc) is 2.33. The van der Waals surface area contributed by atoms with Crippen molar-refractivity contribution < 1.29 is 15.0 Å². The van der Waals surface area contributed by atoms with Gasteiger partial charge in [-0.05, 0) is 42.3 Å². The third-order valence-electron chi connectivity index (χ3n) is 3.18. The zero-order valence-corrected chi connectivity index (χ0v) is 10.5. The van der Waals surface area contributed by atoms with Gasteiger partial charge in [0.15, 0.2) is 5.78 Å². The first kappa shape index (κ1) is 12.4. The number of hydrogen-bond acceptors (Lipinski definition) is 3.